The molecule has 138 valence electrons. The van der Waals surface area contributed by atoms with Gasteiger partial charge in [0.05, 0.1) is 6.42 Å². The lowest BCUT2D eigenvalue weighted by Crippen LogP contribution is -2.47. The van der Waals surface area contributed by atoms with Crippen molar-refractivity contribution < 1.29 is 14.0 Å². The molecule has 1 aromatic heterocycles. The minimum atomic E-state index is -0.611. The summed E-state index contributed by atoms with van der Waals surface area (Å²) < 4.78 is 13.0. The van der Waals surface area contributed by atoms with Crippen molar-refractivity contribution in [3.8, 4) is 0 Å². The highest BCUT2D eigenvalue weighted by Gasteiger charge is 2.21. The number of hydrogen-bond acceptors (Lipinski definition) is 3. The van der Waals surface area contributed by atoms with E-state index in [9.17, 15) is 14.0 Å². The first-order valence-corrected chi connectivity index (χ1v) is 8.64. The van der Waals surface area contributed by atoms with E-state index in [2.05, 4.69) is 15.6 Å². The second-order valence-corrected chi connectivity index (χ2v) is 6.63. The molecule has 1 heterocycles. The Balaban J connectivity index is 1.93. The Morgan fingerprint density at radius 1 is 1.12 bits per heavy atom. The molecule has 0 aliphatic carbocycles. The fraction of sp³-hybridized carbons (Fsp3) is 0.350. The second-order valence-electron chi connectivity index (χ2n) is 6.63. The predicted molar refractivity (Wildman–Crippen MR) is 97.6 cm³/mol. The third kappa shape index (κ3) is 6.63. The van der Waals surface area contributed by atoms with E-state index in [4.69, 9.17) is 0 Å². The van der Waals surface area contributed by atoms with E-state index in [0.717, 1.165) is 5.56 Å². The van der Waals surface area contributed by atoms with Crippen LogP contribution in [0.1, 0.15) is 31.4 Å². The molecule has 0 spiro atoms. The van der Waals surface area contributed by atoms with E-state index >= 15 is 0 Å². The van der Waals surface area contributed by atoms with Crippen LogP contribution in [-0.2, 0) is 22.6 Å². The van der Waals surface area contributed by atoms with Crippen molar-refractivity contribution in [2.45, 2.75) is 39.3 Å². The summed E-state index contributed by atoms with van der Waals surface area (Å²) in [6.07, 6.45) is 3.99. The quantitative estimate of drug-likeness (QED) is 0.763. The first kappa shape index (κ1) is 19.6. The van der Waals surface area contributed by atoms with Gasteiger partial charge in [-0.2, -0.15) is 0 Å². The topological polar surface area (TPSA) is 71.1 Å². The molecule has 0 aliphatic heterocycles. The normalized spacial score (nSPS) is 11.8. The summed E-state index contributed by atoms with van der Waals surface area (Å²) in [6, 6.07) is 8.82. The number of rotatable bonds is 8. The second kappa shape index (κ2) is 9.65. The van der Waals surface area contributed by atoms with Gasteiger partial charge in [0.15, 0.2) is 0 Å². The van der Waals surface area contributed by atoms with Crippen LogP contribution < -0.4 is 10.6 Å². The molecule has 0 saturated carbocycles. The van der Waals surface area contributed by atoms with Gasteiger partial charge < -0.3 is 10.6 Å². The summed E-state index contributed by atoms with van der Waals surface area (Å²) in [5.41, 5.74) is 1.59. The highest BCUT2D eigenvalue weighted by atomic mass is 19.1. The lowest BCUT2D eigenvalue weighted by Gasteiger charge is -2.20. The Hall–Kier alpha value is -2.76. The van der Waals surface area contributed by atoms with Crippen molar-refractivity contribution in [2.75, 3.05) is 0 Å². The fourth-order valence-electron chi connectivity index (χ4n) is 2.55. The van der Waals surface area contributed by atoms with Crippen LogP contribution in [0.4, 0.5) is 4.39 Å². The number of carbonyl (C=O) groups is 2. The third-order valence-corrected chi connectivity index (χ3v) is 3.83. The molecule has 0 radical (unpaired) electrons. The van der Waals surface area contributed by atoms with Crippen molar-refractivity contribution in [1.82, 2.24) is 15.6 Å². The summed E-state index contributed by atoms with van der Waals surface area (Å²) in [5, 5.41) is 5.62. The molecule has 0 bridgehead atoms. The van der Waals surface area contributed by atoms with Crippen LogP contribution in [0.25, 0.3) is 0 Å². The first-order chi connectivity index (χ1) is 12.4. The van der Waals surface area contributed by atoms with Crippen LogP contribution >= 0.6 is 0 Å². The van der Waals surface area contributed by atoms with Crippen LogP contribution in [-0.4, -0.2) is 22.8 Å². The molecule has 0 fully saturated rings. The van der Waals surface area contributed by atoms with Crippen LogP contribution in [0.3, 0.4) is 0 Å². The summed E-state index contributed by atoms with van der Waals surface area (Å²) in [6.45, 7) is 4.34. The van der Waals surface area contributed by atoms with Crippen LogP contribution in [0.15, 0.2) is 48.8 Å². The van der Waals surface area contributed by atoms with E-state index in [1.165, 1.54) is 12.1 Å². The number of aromatic nitrogens is 1. The van der Waals surface area contributed by atoms with Crippen molar-refractivity contribution >= 4 is 11.8 Å². The van der Waals surface area contributed by atoms with E-state index in [-0.39, 0.29) is 30.0 Å². The zero-order valence-corrected chi connectivity index (χ0v) is 15.0. The van der Waals surface area contributed by atoms with E-state index in [1.807, 2.05) is 19.9 Å². The zero-order valence-electron chi connectivity index (χ0n) is 15.0. The van der Waals surface area contributed by atoms with Crippen molar-refractivity contribution in [2.24, 2.45) is 5.92 Å². The Morgan fingerprint density at radius 3 is 2.46 bits per heavy atom. The number of pyridine rings is 1. The molecule has 2 amide bonds. The molecule has 1 aromatic carbocycles. The van der Waals surface area contributed by atoms with Gasteiger partial charge in [-0.05, 0) is 41.7 Å². The maximum Gasteiger partial charge on any atom is 0.242 e. The van der Waals surface area contributed by atoms with Crippen molar-refractivity contribution in [3.63, 3.8) is 0 Å². The molecule has 2 N–H and O–H groups in total. The summed E-state index contributed by atoms with van der Waals surface area (Å²) >= 11 is 0. The molecule has 2 aromatic rings. The molecule has 6 heteroatoms. The standard InChI is InChI=1S/C20H24FN3O2/c1-14(2)10-18(20(26)23-13-16-4-3-9-22-12-16)24-19(25)11-15-5-7-17(21)8-6-15/h3-9,12,14,18H,10-11,13H2,1-2H3,(H,23,26)(H,24,25)/t18-/m1/s1. The number of halogens is 1. The maximum atomic E-state index is 13.0. The Kier molecular flexibility index (Phi) is 7.26. The minimum absolute atomic E-state index is 0.102. The molecule has 1 atom stereocenters. The van der Waals surface area contributed by atoms with Crippen molar-refractivity contribution in [1.29, 1.82) is 0 Å². The summed E-state index contributed by atoms with van der Waals surface area (Å²) in [7, 11) is 0. The van der Waals surface area contributed by atoms with Crippen molar-refractivity contribution in [3.05, 3.63) is 65.7 Å². The highest BCUT2D eigenvalue weighted by molar-refractivity contribution is 5.88. The largest absolute Gasteiger partial charge is 0.350 e. The summed E-state index contributed by atoms with van der Waals surface area (Å²) in [4.78, 5) is 28.8. The molecule has 5 nitrogen and oxygen atoms in total. The van der Waals surface area contributed by atoms with Crippen LogP contribution in [0.5, 0.6) is 0 Å². The molecule has 0 saturated heterocycles. The highest BCUT2D eigenvalue weighted by Crippen LogP contribution is 2.08. The van der Waals surface area contributed by atoms with E-state index in [0.29, 0.717) is 18.5 Å². The number of nitrogens with one attached hydrogen (secondary N) is 2. The van der Waals surface area contributed by atoms with Gasteiger partial charge in [0.2, 0.25) is 11.8 Å². The molecule has 2 rings (SSSR count). The average molecular weight is 357 g/mol. The number of hydrogen-bond donors (Lipinski definition) is 2. The van der Waals surface area contributed by atoms with Gasteiger partial charge in [-0.3, -0.25) is 14.6 Å². The Morgan fingerprint density at radius 2 is 1.85 bits per heavy atom. The zero-order chi connectivity index (χ0) is 18.9. The minimum Gasteiger partial charge on any atom is -0.350 e. The number of amides is 2. The van der Waals surface area contributed by atoms with Gasteiger partial charge in [-0.1, -0.05) is 32.0 Å². The van der Waals surface area contributed by atoms with Crippen LogP contribution in [0, 0.1) is 11.7 Å². The van der Waals surface area contributed by atoms with Crippen LogP contribution in [0.2, 0.25) is 0 Å². The number of carbonyl (C=O) groups excluding carboxylic acids is 2. The Bertz CT molecular complexity index is 718. The van der Waals surface area contributed by atoms with E-state index in [1.54, 1.807) is 30.6 Å². The van der Waals surface area contributed by atoms with Gasteiger partial charge in [-0.25, -0.2) is 4.39 Å². The molecular formula is C20H24FN3O2. The fourth-order valence-corrected chi connectivity index (χ4v) is 2.55. The maximum absolute atomic E-state index is 13.0. The summed E-state index contributed by atoms with van der Waals surface area (Å²) in [5.74, 6) is -0.592. The van der Waals surface area contributed by atoms with Gasteiger partial charge in [0, 0.05) is 18.9 Å². The van der Waals surface area contributed by atoms with Gasteiger partial charge in [0.1, 0.15) is 11.9 Å². The smallest absolute Gasteiger partial charge is 0.242 e. The first-order valence-electron chi connectivity index (χ1n) is 8.64. The lowest BCUT2D eigenvalue weighted by atomic mass is 10.0. The van der Waals surface area contributed by atoms with Gasteiger partial charge >= 0.3 is 0 Å². The monoisotopic (exact) mass is 357 g/mol. The van der Waals surface area contributed by atoms with E-state index < -0.39 is 6.04 Å². The van der Waals surface area contributed by atoms with Gasteiger partial charge in [0.25, 0.3) is 0 Å². The SMILES string of the molecule is CC(C)C[C@@H](NC(=O)Cc1ccc(F)cc1)C(=O)NCc1cccnc1. The predicted octanol–water partition coefficient (Wildman–Crippen LogP) is 2.61. The Labute approximate surface area is 153 Å². The average Bonchev–Trinajstić information content (AvgIpc) is 2.61. The molecular weight excluding hydrogens is 333 g/mol. The number of benzene rings is 1. The number of nitrogens with zero attached hydrogens (tertiary/aromatic N) is 1. The molecule has 0 unspecified atom stereocenters. The molecule has 0 aliphatic rings. The lowest BCUT2D eigenvalue weighted by molar-refractivity contribution is -0.129. The third-order valence-electron chi connectivity index (χ3n) is 3.83. The molecule has 26 heavy (non-hydrogen) atoms. The van der Waals surface area contributed by atoms with Gasteiger partial charge in [-0.15, -0.1) is 0 Å².